The van der Waals surface area contributed by atoms with Gasteiger partial charge >= 0.3 is 0 Å². The van der Waals surface area contributed by atoms with Crippen LogP contribution >= 0.6 is 23.2 Å². The first-order valence-corrected chi connectivity index (χ1v) is 11.3. The van der Waals surface area contributed by atoms with Gasteiger partial charge in [-0.3, -0.25) is 9.59 Å². The Morgan fingerprint density at radius 2 is 1.69 bits per heavy atom. The zero-order valence-corrected chi connectivity index (χ0v) is 18.6. The van der Waals surface area contributed by atoms with Crippen LogP contribution in [-0.4, -0.2) is 54.4 Å². The predicted molar refractivity (Wildman–Crippen MR) is 115 cm³/mol. The quantitative estimate of drug-likeness (QED) is 0.604. The molecule has 0 unspecified atom stereocenters. The molecule has 0 radical (unpaired) electrons. The van der Waals surface area contributed by atoms with Crippen molar-refractivity contribution in [3.05, 3.63) is 28.2 Å². The number of hydrogen-bond donors (Lipinski definition) is 0. The number of nitrogens with zero attached hydrogens (tertiary/aromatic N) is 2. The smallest absolute Gasteiger partial charge is 0.225 e. The van der Waals surface area contributed by atoms with Gasteiger partial charge < -0.3 is 14.5 Å². The van der Waals surface area contributed by atoms with Crippen LogP contribution < -0.4 is 4.74 Å². The van der Waals surface area contributed by atoms with Crippen LogP contribution in [0.5, 0.6) is 5.75 Å². The van der Waals surface area contributed by atoms with E-state index in [9.17, 15) is 9.59 Å². The highest BCUT2D eigenvalue weighted by Crippen LogP contribution is 2.28. The van der Waals surface area contributed by atoms with E-state index in [1.54, 1.807) is 18.2 Å². The maximum atomic E-state index is 12.7. The van der Waals surface area contributed by atoms with Crippen LogP contribution in [0.15, 0.2) is 18.2 Å². The van der Waals surface area contributed by atoms with Gasteiger partial charge in [0.2, 0.25) is 11.8 Å². The minimum absolute atomic E-state index is 0.0721. The van der Waals surface area contributed by atoms with Crippen molar-refractivity contribution in [3.63, 3.8) is 0 Å². The highest BCUT2D eigenvalue weighted by molar-refractivity contribution is 6.35. The first kappa shape index (κ1) is 22.2. The Morgan fingerprint density at radius 3 is 2.34 bits per heavy atom. The second-order valence-electron chi connectivity index (χ2n) is 8.19. The number of hydrogen-bond acceptors (Lipinski definition) is 3. The highest BCUT2D eigenvalue weighted by atomic mass is 35.5. The second-order valence-corrected chi connectivity index (χ2v) is 9.03. The fourth-order valence-corrected chi connectivity index (χ4v) is 4.48. The summed E-state index contributed by atoms with van der Waals surface area (Å²) in [6.07, 6.45) is 4.82. The summed E-state index contributed by atoms with van der Waals surface area (Å²) in [7, 11) is 0. The summed E-state index contributed by atoms with van der Waals surface area (Å²) in [4.78, 5) is 29.1. The normalized spacial score (nSPS) is 18.7. The molecule has 2 saturated heterocycles. The minimum atomic E-state index is 0.0721. The Balaban J connectivity index is 1.35. The topological polar surface area (TPSA) is 49.9 Å². The molecule has 0 aliphatic carbocycles. The summed E-state index contributed by atoms with van der Waals surface area (Å²) in [5.41, 5.74) is 0. The lowest BCUT2D eigenvalue weighted by molar-refractivity contribution is -0.141. The third-order valence-corrected chi connectivity index (χ3v) is 6.51. The zero-order valence-electron chi connectivity index (χ0n) is 17.0. The van der Waals surface area contributed by atoms with Crippen LogP contribution in [-0.2, 0) is 9.59 Å². The molecule has 29 heavy (non-hydrogen) atoms. The van der Waals surface area contributed by atoms with Crippen molar-refractivity contribution in [1.82, 2.24) is 9.80 Å². The Morgan fingerprint density at radius 1 is 1.03 bits per heavy atom. The molecule has 0 atom stereocenters. The zero-order chi connectivity index (χ0) is 20.8. The van der Waals surface area contributed by atoms with Crippen LogP contribution in [0.1, 0.15) is 45.4 Å². The fourth-order valence-electron chi connectivity index (χ4n) is 4.02. The SMILES string of the molecule is CC1CCN(C(=O)C2CCN(C(=O)CCCOc3ccc(Cl)cc3Cl)CC2)CC1. The molecule has 0 aromatic heterocycles. The number of carbonyl (C=O) groups is 2. The van der Waals surface area contributed by atoms with Crippen molar-refractivity contribution in [2.24, 2.45) is 11.8 Å². The number of rotatable bonds is 6. The van der Waals surface area contributed by atoms with E-state index in [0.29, 0.717) is 48.3 Å². The Hall–Kier alpha value is -1.46. The average Bonchev–Trinajstić information content (AvgIpc) is 2.72. The van der Waals surface area contributed by atoms with Crippen LogP contribution in [0.25, 0.3) is 0 Å². The van der Waals surface area contributed by atoms with E-state index in [-0.39, 0.29) is 17.7 Å². The molecule has 2 fully saturated rings. The molecule has 2 amide bonds. The maximum Gasteiger partial charge on any atom is 0.225 e. The molecule has 0 saturated carbocycles. The van der Waals surface area contributed by atoms with Crippen LogP contribution in [0, 0.1) is 11.8 Å². The number of carbonyl (C=O) groups excluding carboxylic acids is 2. The van der Waals surface area contributed by atoms with Crippen molar-refractivity contribution in [3.8, 4) is 5.75 Å². The molecule has 7 heteroatoms. The average molecular weight is 441 g/mol. The molecule has 160 valence electrons. The maximum absolute atomic E-state index is 12.7. The number of benzene rings is 1. The van der Waals surface area contributed by atoms with Crippen LogP contribution in [0.3, 0.4) is 0 Å². The van der Waals surface area contributed by atoms with Gasteiger partial charge in [0.25, 0.3) is 0 Å². The molecule has 2 heterocycles. The molecular formula is C22H30Cl2N2O3. The lowest BCUT2D eigenvalue weighted by Crippen LogP contribution is -2.46. The first-order valence-electron chi connectivity index (χ1n) is 10.6. The van der Waals surface area contributed by atoms with Crippen LogP contribution in [0.2, 0.25) is 10.0 Å². The van der Waals surface area contributed by atoms with E-state index >= 15 is 0 Å². The summed E-state index contributed by atoms with van der Waals surface area (Å²) < 4.78 is 5.64. The third kappa shape index (κ3) is 6.26. The van der Waals surface area contributed by atoms with Gasteiger partial charge in [-0.15, -0.1) is 0 Å². The molecule has 1 aromatic carbocycles. The van der Waals surface area contributed by atoms with Gasteiger partial charge in [-0.2, -0.15) is 0 Å². The first-order chi connectivity index (χ1) is 13.9. The summed E-state index contributed by atoms with van der Waals surface area (Å²) >= 11 is 12.0. The van der Waals surface area contributed by atoms with E-state index in [1.165, 1.54) is 0 Å². The predicted octanol–water partition coefficient (Wildman–Crippen LogP) is 4.65. The summed E-state index contributed by atoms with van der Waals surface area (Å²) in [5, 5.41) is 1.04. The monoisotopic (exact) mass is 440 g/mol. The Labute approximate surface area is 183 Å². The third-order valence-electron chi connectivity index (χ3n) is 5.98. The van der Waals surface area contributed by atoms with Crippen molar-refractivity contribution < 1.29 is 14.3 Å². The Bertz CT molecular complexity index is 712. The van der Waals surface area contributed by atoms with Gasteiger partial charge in [0, 0.05) is 43.5 Å². The molecular weight excluding hydrogens is 411 g/mol. The van der Waals surface area contributed by atoms with Crippen LogP contribution in [0.4, 0.5) is 0 Å². The number of amides is 2. The van der Waals surface area contributed by atoms with E-state index < -0.39 is 0 Å². The molecule has 5 nitrogen and oxygen atoms in total. The number of ether oxygens (including phenoxy) is 1. The number of likely N-dealkylation sites (tertiary alicyclic amines) is 2. The Kier molecular flexibility index (Phi) is 8.07. The summed E-state index contributed by atoms with van der Waals surface area (Å²) in [5.74, 6) is 1.79. The molecule has 0 spiro atoms. The van der Waals surface area contributed by atoms with Gasteiger partial charge in [-0.1, -0.05) is 30.1 Å². The largest absolute Gasteiger partial charge is 0.492 e. The molecule has 2 aliphatic rings. The second kappa shape index (κ2) is 10.5. The van der Waals surface area contributed by atoms with Gasteiger partial charge in [0.15, 0.2) is 0 Å². The summed E-state index contributed by atoms with van der Waals surface area (Å²) in [6, 6.07) is 5.10. The minimum Gasteiger partial charge on any atom is -0.492 e. The van der Waals surface area contributed by atoms with Crippen molar-refractivity contribution in [1.29, 1.82) is 0 Å². The lowest BCUT2D eigenvalue weighted by Gasteiger charge is -2.36. The van der Waals surface area contributed by atoms with Gasteiger partial charge in [0.1, 0.15) is 5.75 Å². The molecule has 0 N–H and O–H groups in total. The van der Waals surface area contributed by atoms with Gasteiger partial charge in [-0.05, 0) is 56.2 Å². The van der Waals surface area contributed by atoms with E-state index in [1.807, 2.05) is 9.80 Å². The van der Waals surface area contributed by atoms with Gasteiger partial charge in [-0.25, -0.2) is 0 Å². The van der Waals surface area contributed by atoms with Gasteiger partial charge in [0.05, 0.1) is 11.6 Å². The molecule has 2 aliphatic heterocycles. The van der Waals surface area contributed by atoms with E-state index in [4.69, 9.17) is 27.9 Å². The van der Waals surface area contributed by atoms with Crippen molar-refractivity contribution in [2.75, 3.05) is 32.8 Å². The highest BCUT2D eigenvalue weighted by Gasteiger charge is 2.31. The molecule has 1 aromatic rings. The lowest BCUT2D eigenvalue weighted by atomic mass is 9.92. The molecule has 0 bridgehead atoms. The fraction of sp³-hybridized carbons (Fsp3) is 0.636. The standard InChI is InChI=1S/C22H30Cl2N2O3/c1-16-6-10-26(11-7-16)22(28)17-8-12-25(13-9-17)21(27)3-2-14-29-20-5-4-18(23)15-19(20)24/h4-5,15-17H,2-3,6-14H2,1H3. The number of piperidine rings is 2. The summed E-state index contributed by atoms with van der Waals surface area (Å²) in [6.45, 7) is 5.79. The van der Waals surface area contributed by atoms with E-state index in [2.05, 4.69) is 6.92 Å². The van der Waals surface area contributed by atoms with Crippen molar-refractivity contribution in [2.45, 2.75) is 45.4 Å². The van der Waals surface area contributed by atoms with E-state index in [0.717, 1.165) is 44.7 Å². The number of halogens is 2. The molecule has 3 rings (SSSR count). The van der Waals surface area contributed by atoms with Crippen molar-refractivity contribution >= 4 is 35.0 Å².